The van der Waals surface area contributed by atoms with Crippen LogP contribution in [0.2, 0.25) is 5.02 Å². The normalized spacial score (nSPS) is 10.1. The number of aliphatic imine (C=N–C) groups is 1. The molecular formula is C26H20ClFN6O. The molecule has 1 heterocycles. The number of nitrogens with one attached hydrogen (secondary N) is 1. The summed E-state index contributed by atoms with van der Waals surface area (Å²) in [5.74, 6) is 6.77. The number of hydrogen-bond donors (Lipinski definition) is 3. The maximum absolute atomic E-state index is 13.4. The van der Waals surface area contributed by atoms with Crippen molar-refractivity contribution in [1.29, 1.82) is 0 Å². The molecule has 0 saturated carbocycles. The number of ether oxygens (including phenoxy) is 1. The summed E-state index contributed by atoms with van der Waals surface area (Å²) < 4.78 is 19.1. The lowest BCUT2D eigenvalue weighted by atomic mass is 10.2. The minimum absolute atomic E-state index is 0.0258. The Hall–Kier alpha value is -4.61. The standard InChI is InChI=1S/C26H20ClFN6O/c27-23-13-22(9-10-24(23)35-15-18-4-1-5-20(28)11-18)33-25-19(14-31-16-32-25)8-7-17-3-2-6-21(12-17)34-26(29)30/h1-6,9-14,16H,15H2,(H4,29,30,34)(H,31,32,33). The van der Waals surface area contributed by atoms with E-state index < -0.39 is 0 Å². The maximum atomic E-state index is 13.4. The second-order valence-corrected chi connectivity index (χ2v) is 7.72. The molecule has 0 aliphatic rings. The second-order valence-electron chi connectivity index (χ2n) is 7.31. The first-order chi connectivity index (χ1) is 17.0. The minimum Gasteiger partial charge on any atom is -0.487 e. The smallest absolute Gasteiger partial charge is 0.191 e. The van der Waals surface area contributed by atoms with Gasteiger partial charge in [0.1, 0.15) is 30.3 Å². The highest BCUT2D eigenvalue weighted by molar-refractivity contribution is 6.32. The van der Waals surface area contributed by atoms with Gasteiger partial charge in [-0.25, -0.2) is 19.4 Å². The van der Waals surface area contributed by atoms with Crippen LogP contribution in [0.3, 0.4) is 0 Å². The van der Waals surface area contributed by atoms with Gasteiger partial charge in [0.25, 0.3) is 0 Å². The molecule has 0 bridgehead atoms. The Morgan fingerprint density at radius 1 is 1.06 bits per heavy atom. The number of halogens is 2. The predicted octanol–water partition coefficient (Wildman–Crippen LogP) is 4.90. The van der Waals surface area contributed by atoms with E-state index in [1.165, 1.54) is 18.5 Å². The van der Waals surface area contributed by atoms with Crippen molar-refractivity contribution < 1.29 is 9.13 Å². The van der Waals surface area contributed by atoms with Gasteiger partial charge in [0.05, 0.1) is 16.3 Å². The van der Waals surface area contributed by atoms with Gasteiger partial charge in [0.2, 0.25) is 0 Å². The molecule has 0 saturated heterocycles. The van der Waals surface area contributed by atoms with E-state index in [2.05, 4.69) is 32.1 Å². The summed E-state index contributed by atoms with van der Waals surface area (Å²) in [4.78, 5) is 12.4. The molecule has 5 N–H and O–H groups in total. The zero-order valence-corrected chi connectivity index (χ0v) is 19.1. The average Bonchev–Trinajstić information content (AvgIpc) is 2.83. The Kier molecular flexibility index (Phi) is 7.40. The Morgan fingerprint density at radius 2 is 1.91 bits per heavy atom. The van der Waals surface area contributed by atoms with Gasteiger partial charge in [-0.3, -0.25) is 0 Å². The van der Waals surface area contributed by atoms with Crippen molar-refractivity contribution in [2.75, 3.05) is 5.32 Å². The molecule has 7 nitrogen and oxygen atoms in total. The number of aromatic nitrogens is 2. The van der Waals surface area contributed by atoms with E-state index in [0.717, 1.165) is 5.56 Å². The van der Waals surface area contributed by atoms with Crippen molar-refractivity contribution in [3.05, 3.63) is 107 Å². The zero-order valence-electron chi connectivity index (χ0n) is 18.4. The lowest BCUT2D eigenvalue weighted by Crippen LogP contribution is -2.21. The highest BCUT2D eigenvalue weighted by Gasteiger charge is 2.07. The summed E-state index contributed by atoms with van der Waals surface area (Å²) in [7, 11) is 0. The van der Waals surface area contributed by atoms with Crippen LogP contribution >= 0.6 is 11.6 Å². The van der Waals surface area contributed by atoms with Crippen LogP contribution in [0, 0.1) is 17.7 Å². The fourth-order valence-electron chi connectivity index (χ4n) is 3.08. The van der Waals surface area contributed by atoms with E-state index in [9.17, 15) is 4.39 Å². The fraction of sp³-hybridized carbons (Fsp3) is 0.0385. The second kappa shape index (κ2) is 11.0. The highest BCUT2D eigenvalue weighted by atomic mass is 35.5. The summed E-state index contributed by atoms with van der Waals surface area (Å²) in [6.45, 7) is 0.195. The molecule has 9 heteroatoms. The Morgan fingerprint density at radius 3 is 2.71 bits per heavy atom. The molecule has 4 aromatic rings. The van der Waals surface area contributed by atoms with Crippen LogP contribution < -0.4 is 21.5 Å². The van der Waals surface area contributed by atoms with Crippen molar-refractivity contribution in [3.8, 4) is 17.6 Å². The molecule has 35 heavy (non-hydrogen) atoms. The van der Waals surface area contributed by atoms with E-state index in [-0.39, 0.29) is 18.4 Å². The van der Waals surface area contributed by atoms with E-state index in [1.54, 1.807) is 48.7 Å². The van der Waals surface area contributed by atoms with Crippen molar-refractivity contribution in [2.24, 2.45) is 16.5 Å². The number of hydrogen-bond acceptors (Lipinski definition) is 5. The molecule has 174 valence electrons. The van der Waals surface area contributed by atoms with Gasteiger partial charge in [-0.2, -0.15) is 0 Å². The number of guanidine groups is 1. The third-order valence-electron chi connectivity index (χ3n) is 4.64. The Balaban J connectivity index is 1.49. The molecule has 0 radical (unpaired) electrons. The molecule has 0 unspecified atom stereocenters. The lowest BCUT2D eigenvalue weighted by molar-refractivity contribution is 0.306. The largest absolute Gasteiger partial charge is 0.487 e. The SMILES string of the molecule is NC(N)=Nc1cccc(C#Cc2cncnc2Nc2ccc(OCc3cccc(F)c3)c(Cl)c2)c1. The average molecular weight is 487 g/mol. The molecule has 1 aromatic heterocycles. The minimum atomic E-state index is -0.318. The third-order valence-corrected chi connectivity index (χ3v) is 4.93. The first-order valence-electron chi connectivity index (χ1n) is 10.4. The molecule has 0 fully saturated rings. The van der Waals surface area contributed by atoms with Gasteiger partial charge in [-0.15, -0.1) is 0 Å². The summed E-state index contributed by atoms with van der Waals surface area (Å²) in [5.41, 5.74) is 14.2. The number of nitrogens with two attached hydrogens (primary N) is 2. The molecule has 0 spiro atoms. The fourth-order valence-corrected chi connectivity index (χ4v) is 3.32. The van der Waals surface area contributed by atoms with Crippen LogP contribution in [0.5, 0.6) is 5.75 Å². The van der Waals surface area contributed by atoms with Crippen molar-refractivity contribution in [3.63, 3.8) is 0 Å². The highest BCUT2D eigenvalue weighted by Crippen LogP contribution is 2.30. The van der Waals surface area contributed by atoms with Crippen molar-refractivity contribution >= 4 is 34.8 Å². The maximum Gasteiger partial charge on any atom is 0.191 e. The summed E-state index contributed by atoms with van der Waals surface area (Å²) in [5, 5.41) is 3.59. The molecule has 0 amide bonds. The van der Waals surface area contributed by atoms with Crippen LogP contribution in [-0.2, 0) is 6.61 Å². The lowest BCUT2D eigenvalue weighted by Gasteiger charge is -2.11. The van der Waals surface area contributed by atoms with Crippen molar-refractivity contribution in [1.82, 2.24) is 9.97 Å². The van der Waals surface area contributed by atoms with E-state index in [4.69, 9.17) is 27.8 Å². The molecule has 0 atom stereocenters. The van der Waals surface area contributed by atoms with E-state index in [0.29, 0.717) is 39.1 Å². The number of anilines is 2. The molecule has 0 aliphatic carbocycles. The summed E-state index contributed by atoms with van der Waals surface area (Å²) >= 11 is 6.40. The summed E-state index contributed by atoms with van der Waals surface area (Å²) in [6, 6.07) is 18.6. The van der Waals surface area contributed by atoms with Gasteiger partial charge in [0, 0.05) is 17.4 Å². The number of rotatable bonds is 6. The molecule has 3 aromatic carbocycles. The van der Waals surface area contributed by atoms with Crippen molar-refractivity contribution in [2.45, 2.75) is 6.61 Å². The zero-order chi connectivity index (χ0) is 24.6. The molecule has 0 aliphatic heterocycles. The quantitative estimate of drug-likeness (QED) is 0.203. The molecular weight excluding hydrogens is 467 g/mol. The van der Waals surface area contributed by atoms with Gasteiger partial charge >= 0.3 is 0 Å². The first-order valence-corrected chi connectivity index (χ1v) is 10.8. The van der Waals surface area contributed by atoms with Gasteiger partial charge in [0.15, 0.2) is 5.96 Å². The van der Waals surface area contributed by atoms with E-state index >= 15 is 0 Å². The van der Waals surface area contributed by atoms with Crippen LogP contribution in [-0.4, -0.2) is 15.9 Å². The topological polar surface area (TPSA) is 111 Å². The monoisotopic (exact) mass is 486 g/mol. The van der Waals surface area contributed by atoms with Gasteiger partial charge < -0.3 is 21.5 Å². The van der Waals surface area contributed by atoms with E-state index in [1.807, 2.05) is 12.1 Å². The number of benzene rings is 3. The van der Waals surface area contributed by atoms with Gasteiger partial charge in [-0.1, -0.05) is 41.6 Å². The van der Waals surface area contributed by atoms with Crippen LogP contribution in [0.25, 0.3) is 0 Å². The Labute approximate surface area is 206 Å². The van der Waals surface area contributed by atoms with Crippen LogP contribution in [0.4, 0.5) is 21.6 Å². The predicted molar refractivity (Wildman–Crippen MR) is 135 cm³/mol. The summed E-state index contributed by atoms with van der Waals surface area (Å²) in [6.07, 6.45) is 3.03. The molecule has 4 rings (SSSR count). The van der Waals surface area contributed by atoms with Crippen LogP contribution in [0.15, 0.2) is 84.2 Å². The van der Waals surface area contributed by atoms with Gasteiger partial charge in [-0.05, 0) is 54.1 Å². The Bertz CT molecular complexity index is 1440. The number of nitrogens with zero attached hydrogens (tertiary/aromatic N) is 3. The van der Waals surface area contributed by atoms with Crippen LogP contribution in [0.1, 0.15) is 16.7 Å². The first kappa shape index (κ1) is 23.5. The third kappa shape index (κ3) is 6.69.